The maximum Gasteiger partial charge on any atom is 0.319 e. The molecule has 0 aliphatic carbocycles. The number of hydrogen-bond donors (Lipinski definition) is 4. The van der Waals surface area contributed by atoms with Crippen molar-refractivity contribution in [1.29, 1.82) is 0 Å². The van der Waals surface area contributed by atoms with Gasteiger partial charge in [0.2, 0.25) is 5.78 Å². The number of nitrogens with zero attached hydrogens (tertiary/aromatic N) is 13. The SMILES string of the molecule is C.CN1CC2(C)CNCCC2N(C)C1=O.CN1CCC2N(C)C(=O)N(C)CC2(C)C1.CN1CCC2N(C)C(=O)NCC2(C)C1.CNC1CCN(C)CC1(C)CN.[C-]#[N+]C1(C)CN(C)CCC1=NC.[C-]#[N+]C1(C)CN(C)CCC1=O. The molecule has 9 aliphatic rings. The third-order valence-corrected chi connectivity index (χ3v) is 18.9. The molecule has 21 heteroatoms. The lowest BCUT2D eigenvalue weighted by atomic mass is 9.75. The summed E-state index contributed by atoms with van der Waals surface area (Å²) in [6.45, 7) is 42.0. The van der Waals surface area contributed by atoms with Crippen LogP contribution in [0.25, 0.3) is 9.69 Å². The molecule has 452 valence electrons. The molecule has 0 aromatic rings. The summed E-state index contributed by atoms with van der Waals surface area (Å²) >= 11 is 0. The Bertz CT molecular complexity index is 2150. The Kier molecular flexibility index (Phi) is 25.1. The van der Waals surface area contributed by atoms with Crippen LogP contribution in [0.3, 0.4) is 0 Å². The fourth-order valence-electron chi connectivity index (χ4n) is 14.4. The topological polar surface area (TPSA) is 184 Å². The van der Waals surface area contributed by atoms with Crippen LogP contribution in [0.5, 0.6) is 0 Å². The normalized spacial score (nSPS) is 36.8. The Morgan fingerprint density at radius 2 is 1.03 bits per heavy atom. The van der Waals surface area contributed by atoms with Gasteiger partial charge in [-0.3, -0.25) is 19.6 Å². The first-order valence-electron chi connectivity index (χ1n) is 28.6. The number of rotatable bonds is 2. The largest absolute Gasteiger partial charge is 0.337 e. The summed E-state index contributed by atoms with van der Waals surface area (Å²) in [6, 6.07) is 2.23. The third kappa shape index (κ3) is 16.7. The molecular formula is C58H111N17O4. The quantitative estimate of drug-likeness (QED) is 0.296. The first-order valence-corrected chi connectivity index (χ1v) is 28.6. The number of nitrogens with two attached hydrogens (primary N) is 1. The second-order valence-corrected chi connectivity index (χ2v) is 26.4. The first-order chi connectivity index (χ1) is 36.3. The highest BCUT2D eigenvalue weighted by Crippen LogP contribution is 2.38. The summed E-state index contributed by atoms with van der Waals surface area (Å²) in [7, 11) is 23.8. The number of aliphatic imine (C=N–C) groups is 1. The summed E-state index contributed by atoms with van der Waals surface area (Å²) in [5, 5.41) is 9.73. The van der Waals surface area contributed by atoms with E-state index in [2.05, 4.69) is 106 Å². The number of likely N-dealkylation sites (N-methyl/N-ethyl adjacent to an activating group) is 2. The fourth-order valence-corrected chi connectivity index (χ4v) is 14.4. The average molecular weight is 1110 g/mol. The van der Waals surface area contributed by atoms with Crippen molar-refractivity contribution in [2.24, 2.45) is 32.4 Å². The van der Waals surface area contributed by atoms with Gasteiger partial charge in [0.1, 0.15) is 0 Å². The molecule has 79 heavy (non-hydrogen) atoms. The molecule has 10 unspecified atom stereocenters. The molecular weight excluding hydrogens is 999 g/mol. The number of nitrogens with one attached hydrogen (secondary N) is 3. The third-order valence-electron chi connectivity index (χ3n) is 18.9. The van der Waals surface area contributed by atoms with Crippen molar-refractivity contribution in [1.82, 2.24) is 64.9 Å². The number of carbonyl (C=O) groups excluding carboxylic acids is 4. The summed E-state index contributed by atoms with van der Waals surface area (Å²) in [4.78, 5) is 78.2. The highest BCUT2D eigenvalue weighted by atomic mass is 16.2. The molecule has 6 amide bonds. The van der Waals surface area contributed by atoms with E-state index in [1.807, 2.05) is 85.7 Å². The van der Waals surface area contributed by atoms with Gasteiger partial charge in [-0.15, -0.1) is 0 Å². The average Bonchev–Trinajstić information content (AvgIpc) is 3.38. The van der Waals surface area contributed by atoms with Crippen molar-refractivity contribution in [2.45, 2.75) is 123 Å². The van der Waals surface area contributed by atoms with Crippen molar-refractivity contribution >= 4 is 29.6 Å². The zero-order valence-corrected chi connectivity index (χ0v) is 51.9. The van der Waals surface area contributed by atoms with Crippen LogP contribution in [0.15, 0.2) is 4.99 Å². The molecule has 0 saturated carbocycles. The van der Waals surface area contributed by atoms with E-state index >= 15 is 0 Å². The number of likely N-dealkylation sites (tertiary alicyclic amines) is 5. The van der Waals surface area contributed by atoms with Gasteiger partial charge in [-0.25, -0.2) is 27.5 Å². The Morgan fingerprint density at radius 1 is 0.582 bits per heavy atom. The van der Waals surface area contributed by atoms with Crippen LogP contribution in [-0.2, 0) is 4.79 Å². The predicted molar refractivity (Wildman–Crippen MR) is 322 cm³/mol. The number of ketones is 1. The second-order valence-electron chi connectivity index (χ2n) is 26.4. The van der Waals surface area contributed by atoms with E-state index < -0.39 is 5.54 Å². The standard InChI is InChI=1S/C11H21N3O.2C10H19N3O.C9H15N3.C9H21N3.C8H12N2O.CH4/c1-11-7-12(2)6-5-9(11)14(4)10(15)13(3)8-11;1-10-6-11-9(14)13(3)8(10)4-5-12(2)7-10;1-10-6-11-5-4-8(10)13(3)9(14)12(2)7-10;1-9(11-3)7-12(4)6-5-8(9)10-2;1-9(6-10)7-12(3)5-4-8(9)11-2;1-8(9-2)6-10(3)5-4-7(8)11;/h9H,5-8H2,1-4H3;8H,4-7H2,1-3H3,(H,11,14);8,11H,4-7H2,1-3H3;5-7H2,1-2,4H3;8,11H,4-7,10H2,1-3H3;4-6H2,1,3H3;1H4. The Hall–Kier alpha value is -4.19. The van der Waals surface area contributed by atoms with Crippen LogP contribution in [0.1, 0.15) is 87.5 Å². The van der Waals surface area contributed by atoms with E-state index in [1.165, 1.54) is 13.0 Å². The molecule has 9 rings (SSSR count). The van der Waals surface area contributed by atoms with Gasteiger partial charge in [-0.1, -0.05) is 35.1 Å². The summed E-state index contributed by atoms with van der Waals surface area (Å²) in [5.74, 6) is 0.0885. The van der Waals surface area contributed by atoms with Crippen molar-refractivity contribution < 1.29 is 19.2 Å². The molecule has 0 spiro atoms. The molecule has 0 radical (unpaired) electrons. The van der Waals surface area contributed by atoms with Gasteiger partial charge in [0, 0.05) is 180 Å². The zero-order chi connectivity index (χ0) is 58.8. The van der Waals surface area contributed by atoms with E-state index in [9.17, 15) is 19.2 Å². The minimum Gasteiger partial charge on any atom is -0.337 e. The van der Waals surface area contributed by atoms with E-state index in [1.54, 1.807) is 14.0 Å². The molecule has 21 nitrogen and oxygen atoms in total. The van der Waals surface area contributed by atoms with Gasteiger partial charge in [0.25, 0.3) is 11.1 Å². The van der Waals surface area contributed by atoms with Crippen molar-refractivity contribution in [3.63, 3.8) is 0 Å². The number of fused-ring (bicyclic) bond motifs is 3. The minimum absolute atomic E-state index is 0. The van der Waals surface area contributed by atoms with E-state index in [0.29, 0.717) is 37.1 Å². The van der Waals surface area contributed by atoms with Crippen LogP contribution in [0.4, 0.5) is 14.4 Å². The van der Waals surface area contributed by atoms with Crippen LogP contribution in [0.2, 0.25) is 0 Å². The van der Waals surface area contributed by atoms with Crippen LogP contribution < -0.4 is 21.7 Å². The first kappa shape index (κ1) is 69.1. The Balaban J connectivity index is 0.000000249. The van der Waals surface area contributed by atoms with Gasteiger partial charge in [-0.05, 0) is 94.1 Å². The minimum atomic E-state index is -0.771. The van der Waals surface area contributed by atoms with Gasteiger partial charge >= 0.3 is 18.1 Å². The van der Waals surface area contributed by atoms with E-state index in [4.69, 9.17) is 18.9 Å². The summed E-state index contributed by atoms with van der Waals surface area (Å²) in [6.07, 6.45) is 5.94. The van der Waals surface area contributed by atoms with Crippen LogP contribution >= 0.6 is 0 Å². The molecule has 9 fully saturated rings. The van der Waals surface area contributed by atoms with Crippen molar-refractivity contribution in [2.75, 3.05) is 189 Å². The maximum absolute atomic E-state index is 11.8. The second kappa shape index (κ2) is 28.7. The smallest absolute Gasteiger partial charge is 0.319 e. The summed E-state index contributed by atoms with van der Waals surface area (Å²) < 4.78 is 0. The lowest BCUT2D eigenvalue weighted by Gasteiger charge is -2.54. The highest BCUT2D eigenvalue weighted by molar-refractivity contribution is 5.96. The molecule has 9 aliphatic heterocycles. The number of Topliss-reactive ketones (excluding diaryl/α,β-unsaturated/α-hetero) is 1. The molecule has 9 heterocycles. The number of piperidine rings is 6. The predicted octanol–water partition coefficient (Wildman–Crippen LogP) is 3.55. The Morgan fingerprint density at radius 3 is 1.53 bits per heavy atom. The molecule has 0 bridgehead atoms. The van der Waals surface area contributed by atoms with Gasteiger partial charge in [0.05, 0.1) is 18.8 Å². The van der Waals surface area contributed by atoms with Gasteiger partial charge < -0.3 is 70.6 Å². The fraction of sp³-hybridized carbons (Fsp3) is 0.879. The van der Waals surface area contributed by atoms with Gasteiger partial charge in [0.15, 0.2) is 0 Å². The lowest BCUT2D eigenvalue weighted by molar-refractivity contribution is -0.125. The molecule has 0 aromatic carbocycles. The number of carbonyl (C=O) groups is 4. The van der Waals surface area contributed by atoms with Crippen molar-refractivity contribution in [3.8, 4) is 0 Å². The highest BCUT2D eigenvalue weighted by Gasteiger charge is 2.50. The lowest BCUT2D eigenvalue weighted by Crippen LogP contribution is -2.66. The monoisotopic (exact) mass is 1110 g/mol. The molecule has 9 saturated heterocycles. The van der Waals surface area contributed by atoms with E-state index in [0.717, 1.165) is 123 Å². The molecule has 0 aromatic heterocycles. The molecule has 5 N–H and O–H groups in total. The summed E-state index contributed by atoms with van der Waals surface area (Å²) in [5.41, 5.74) is 6.62. The maximum atomic E-state index is 11.8. The number of urea groups is 3. The van der Waals surface area contributed by atoms with Gasteiger partial charge in [-0.2, -0.15) is 0 Å². The Labute approximate surface area is 479 Å². The molecule has 10 atom stereocenters. The van der Waals surface area contributed by atoms with Crippen LogP contribution in [-0.4, -0.2) is 303 Å². The number of amides is 6. The number of hydrogen-bond acceptors (Lipinski definition) is 13. The van der Waals surface area contributed by atoms with Crippen molar-refractivity contribution in [3.05, 3.63) is 22.8 Å². The van der Waals surface area contributed by atoms with E-state index in [-0.39, 0.29) is 58.5 Å². The zero-order valence-electron chi connectivity index (χ0n) is 51.9. The van der Waals surface area contributed by atoms with Crippen LogP contribution in [0, 0.1) is 34.8 Å².